The zero-order valence-corrected chi connectivity index (χ0v) is 10.0. The van der Waals surface area contributed by atoms with Gasteiger partial charge in [0.25, 0.3) is 5.67 Å². The van der Waals surface area contributed by atoms with Gasteiger partial charge >= 0.3 is 12.4 Å². The summed E-state index contributed by atoms with van der Waals surface area (Å²) in [6, 6.07) is 0. The molecule has 0 spiro atoms. The fourth-order valence-corrected chi connectivity index (χ4v) is 1.77. The maximum Gasteiger partial charge on any atom is 0.431 e. The predicted molar refractivity (Wildman–Crippen MR) is 49.5 cm³/mol. The largest absolute Gasteiger partial charge is 0.431 e. The van der Waals surface area contributed by atoms with Crippen molar-refractivity contribution < 1.29 is 35.1 Å². The quantitative estimate of drug-likeness (QED) is 0.639. The zero-order chi connectivity index (χ0) is 15.0. The van der Waals surface area contributed by atoms with Crippen molar-refractivity contribution in [2.45, 2.75) is 57.3 Å². The molecule has 0 bridgehead atoms. The summed E-state index contributed by atoms with van der Waals surface area (Å²) in [6.45, 7) is 2.96. The molecule has 0 amide bonds. The third-order valence-corrected chi connectivity index (χ3v) is 2.36. The highest BCUT2D eigenvalue weighted by Crippen LogP contribution is 2.50. The molecular formula is C10H14F8. The second kappa shape index (κ2) is 4.85. The first-order chi connectivity index (χ1) is 7.60. The summed E-state index contributed by atoms with van der Waals surface area (Å²) in [7, 11) is 0. The van der Waals surface area contributed by atoms with Gasteiger partial charge in [-0.1, -0.05) is 6.92 Å². The number of hydrogen-bond donors (Lipinski definition) is 0. The van der Waals surface area contributed by atoms with Crippen LogP contribution in [0.4, 0.5) is 35.1 Å². The summed E-state index contributed by atoms with van der Waals surface area (Å²) in [5.41, 5.74) is -7.26. The number of rotatable bonds is 4. The molecule has 18 heavy (non-hydrogen) atoms. The Kier molecular flexibility index (Phi) is 4.69. The molecule has 110 valence electrons. The van der Waals surface area contributed by atoms with Gasteiger partial charge in [0.2, 0.25) is 0 Å². The van der Waals surface area contributed by atoms with Crippen molar-refractivity contribution in [3.63, 3.8) is 0 Å². The van der Waals surface area contributed by atoms with E-state index in [-0.39, 0.29) is 0 Å². The summed E-state index contributed by atoms with van der Waals surface area (Å²) in [5.74, 6) is -1.40. The molecule has 0 aromatic rings. The summed E-state index contributed by atoms with van der Waals surface area (Å²) in [5, 5.41) is 0. The van der Waals surface area contributed by atoms with Crippen molar-refractivity contribution in [3.05, 3.63) is 0 Å². The van der Waals surface area contributed by atoms with Gasteiger partial charge < -0.3 is 0 Å². The topological polar surface area (TPSA) is 0 Å². The van der Waals surface area contributed by atoms with E-state index in [0.717, 1.165) is 20.8 Å². The Hall–Kier alpha value is -0.560. The normalized spacial score (nSPS) is 16.8. The molecule has 0 nitrogen and oxygen atoms in total. The molecular weight excluding hydrogens is 272 g/mol. The van der Waals surface area contributed by atoms with Crippen LogP contribution in [0.3, 0.4) is 0 Å². The van der Waals surface area contributed by atoms with Gasteiger partial charge in [0, 0.05) is 6.42 Å². The molecule has 0 saturated carbocycles. The maximum absolute atomic E-state index is 13.3. The van der Waals surface area contributed by atoms with Crippen LogP contribution in [0, 0.1) is 5.92 Å². The second-order valence-corrected chi connectivity index (χ2v) is 5.03. The van der Waals surface area contributed by atoms with Crippen LogP contribution < -0.4 is 0 Å². The first kappa shape index (κ1) is 17.4. The van der Waals surface area contributed by atoms with E-state index in [4.69, 9.17) is 0 Å². The van der Waals surface area contributed by atoms with Crippen molar-refractivity contribution in [2.24, 2.45) is 5.92 Å². The van der Waals surface area contributed by atoms with Crippen LogP contribution in [0.25, 0.3) is 0 Å². The summed E-state index contributed by atoms with van der Waals surface area (Å²) >= 11 is 0. The van der Waals surface area contributed by atoms with E-state index in [1.807, 2.05) is 0 Å². The first-order valence-electron chi connectivity index (χ1n) is 5.11. The SMILES string of the molecule is CC(CC(C)(C)F)CC(F)(C(F)(F)F)C(F)(F)F. The maximum atomic E-state index is 13.3. The molecule has 0 aromatic heterocycles. The molecule has 0 heterocycles. The minimum absolute atomic E-state index is 0.592. The average molecular weight is 286 g/mol. The van der Waals surface area contributed by atoms with Crippen molar-refractivity contribution in [1.29, 1.82) is 0 Å². The third kappa shape index (κ3) is 4.28. The van der Waals surface area contributed by atoms with Crippen molar-refractivity contribution in [1.82, 2.24) is 0 Å². The Morgan fingerprint density at radius 1 is 0.722 bits per heavy atom. The van der Waals surface area contributed by atoms with Crippen LogP contribution in [0.15, 0.2) is 0 Å². The number of halogens is 8. The van der Waals surface area contributed by atoms with Gasteiger partial charge in [0.05, 0.1) is 0 Å². The highest BCUT2D eigenvalue weighted by molar-refractivity contribution is 4.96. The third-order valence-electron chi connectivity index (χ3n) is 2.36. The zero-order valence-electron chi connectivity index (χ0n) is 10.0. The van der Waals surface area contributed by atoms with Gasteiger partial charge in [-0.3, -0.25) is 0 Å². The smallest absolute Gasteiger partial charge is 0.244 e. The average Bonchev–Trinajstić information content (AvgIpc) is 1.94. The monoisotopic (exact) mass is 286 g/mol. The molecule has 8 heteroatoms. The molecule has 1 unspecified atom stereocenters. The molecule has 0 aliphatic rings. The molecule has 0 radical (unpaired) electrons. The van der Waals surface area contributed by atoms with E-state index in [9.17, 15) is 35.1 Å². The van der Waals surface area contributed by atoms with Gasteiger partial charge in [-0.15, -0.1) is 0 Å². The minimum Gasteiger partial charge on any atom is -0.244 e. The van der Waals surface area contributed by atoms with E-state index in [2.05, 4.69) is 0 Å². The van der Waals surface area contributed by atoms with E-state index < -0.39 is 42.4 Å². The molecule has 0 aliphatic heterocycles. The van der Waals surface area contributed by atoms with E-state index in [0.29, 0.717) is 0 Å². The first-order valence-corrected chi connectivity index (χ1v) is 5.11. The van der Waals surface area contributed by atoms with Crippen LogP contribution in [-0.2, 0) is 0 Å². The lowest BCUT2D eigenvalue weighted by atomic mass is 9.86. The fraction of sp³-hybridized carbons (Fsp3) is 1.00. The summed E-state index contributed by atoms with van der Waals surface area (Å²) in [4.78, 5) is 0. The molecule has 0 aromatic carbocycles. The second-order valence-electron chi connectivity index (χ2n) is 5.03. The molecule has 0 aliphatic carbocycles. The molecule has 0 fully saturated rings. The predicted octanol–water partition coefficient (Wildman–Crippen LogP) is 4.98. The number of hydrogen-bond acceptors (Lipinski definition) is 0. The summed E-state index contributed by atoms with van der Waals surface area (Å²) < 4.78 is 99.6. The van der Waals surface area contributed by atoms with Crippen LogP contribution >= 0.6 is 0 Å². The standard InChI is InChI=1S/C10H14F8/c1-6(4-7(2,3)11)5-8(12,9(13,14)15)10(16,17)18/h6H,4-5H2,1-3H3. The Labute approximate surface area is 99.3 Å². The minimum atomic E-state index is -6.07. The highest BCUT2D eigenvalue weighted by Gasteiger charge is 2.72. The summed E-state index contributed by atoms with van der Waals surface area (Å²) in [6.07, 6.45) is -14.6. The van der Waals surface area contributed by atoms with Crippen LogP contribution in [-0.4, -0.2) is 23.7 Å². The van der Waals surface area contributed by atoms with Crippen LogP contribution in [0.1, 0.15) is 33.6 Å². The van der Waals surface area contributed by atoms with Crippen LogP contribution in [0.2, 0.25) is 0 Å². The highest BCUT2D eigenvalue weighted by atomic mass is 19.4. The van der Waals surface area contributed by atoms with Gasteiger partial charge in [0.1, 0.15) is 5.67 Å². The van der Waals surface area contributed by atoms with Crippen molar-refractivity contribution in [3.8, 4) is 0 Å². The molecule has 0 saturated heterocycles. The van der Waals surface area contributed by atoms with Gasteiger partial charge in [-0.05, 0) is 26.2 Å². The Balaban J connectivity index is 5.07. The lowest BCUT2D eigenvalue weighted by molar-refractivity contribution is -0.346. The Morgan fingerprint density at radius 3 is 1.28 bits per heavy atom. The van der Waals surface area contributed by atoms with Gasteiger partial charge in [-0.2, -0.15) is 26.3 Å². The van der Waals surface area contributed by atoms with Crippen molar-refractivity contribution >= 4 is 0 Å². The molecule has 0 rings (SSSR count). The Morgan fingerprint density at radius 2 is 1.06 bits per heavy atom. The van der Waals surface area contributed by atoms with E-state index >= 15 is 0 Å². The van der Waals surface area contributed by atoms with E-state index in [1.54, 1.807) is 0 Å². The van der Waals surface area contributed by atoms with Gasteiger partial charge in [0.15, 0.2) is 0 Å². The molecule has 1 atom stereocenters. The van der Waals surface area contributed by atoms with Crippen LogP contribution in [0.5, 0.6) is 0 Å². The lowest BCUT2D eigenvalue weighted by Gasteiger charge is -2.33. The van der Waals surface area contributed by atoms with Gasteiger partial charge in [-0.25, -0.2) is 8.78 Å². The molecule has 0 N–H and O–H groups in total. The Bertz CT molecular complexity index is 255. The van der Waals surface area contributed by atoms with E-state index in [1.165, 1.54) is 0 Å². The lowest BCUT2D eigenvalue weighted by Crippen LogP contribution is -2.54. The number of alkyl halides is 8. The van der Waals surface area contributed by atoms with Crippen molar-refractivity contribution in [2.75, 3.05) is 0 Å². The fourth-order valence-electron chi connectivity index (χ4n) is 1.77.